The number of halogens is 4. The topological polar surface area (TPSA) is 44.8 Å². The summed E-state index contributed by atoms with van der Waals surface area (Å²) in [4.78, 5) is 11.8. The molecule has 1 saturated heterocycles. The minimum atomic E-state index is -4.72. The Hall–Kier alpha value is -1.61. The zero-order valence-electron chi connectivity index (χ0n) is 15.2. The molecule has 9 heteroatoms. The van der Waals surface area contributed by atoms with Gasteiger partial charge in [-0.2, -0.15) is 13.2 Å². The Morgan fingerprint density at radius 2 is 1.69 bits per heavy atom. The lowest BCUT2D eigenvalue weighted by atomic mass is 9.66. The Kier molecular flexibility index (Phi) is 5.45. The molecule has 0 saturated carbocycles. The Balaban J connectivity index is 2.47. The van der Waals surface area contributed by atoms with E-state index in [-0.39, 0.29) is 12.0 Å². The van der Waals surface area contributed by atoms with Crippen molar-refractivity contribution >= 4 is 13.1 Å². The maximum absolute atomic E-state index is 13.8. The summed E-state index contributed by atoms with van der Waals surface area (Å²) in [7, 11) is 0.137. The monoisotopic (exact) mass is 376 g/mol. The minimum Gasteiger partial charge on any atom is -0.469 e. The third-order valence-corrected chi connectivity index (χ3v) is 4.89. The summed E-state index contributed by atoms with van der Waals surface area (Å²) in [5, 5.41) is 0. The van der Waals surface area contributed by atoms with E-state index >= 15 is 0 Å². The number of alkyl halides is 3. The number of esters is 1. The van der Waals surface area contributed by atoms with E-state index in [9.17, 15) is 22.4 Å². The van der Waals surface area contributed by atoms with Gasteiger partial charge in [-0.25, -0.2) is 4.39 Å². The van der Waals surface area contributed by atoms with Crippen molar-refractivity contribution < 1.29 is 36.4 Å². The SMILES string of the molecule is COC(=O)CC(B1OC(C)(C)C(C)(C)O1)c1cc(F)cc(C(F)(F)F)c1. The smallest absolute Gasteiger partial charge is 0.466 e. The van der Waals surface area contributed by atoms with Gasteiger partial charge in [0, 0.05) is 5.82 Å². The standard InChI is InChI=1S/C17H21BF4O4/c1-15(2)16(3,4)26-18(25-15)13(9-14(23)24-5)10-6-11(17(20,21)22)8-12(19)7-10/h6-8,13H,9H2,1-5H3. The molecule has 0 spiro atoms. The summed E-state index contributed by atoms with van der Waals surface area (Å²) < 4.78 is 69.3. The molecule has 0 aromatic heterocycles. The highest BCUT2D eigenvalue weighted by molar-refractivity contribution is 6.48. The number of methoxy groups -OCH3 is 1. The molecule has 1 unspecified atom stereocenters. The molecule has 144 valence electrons. The van der Waals surface area contributed by atoms with Gasteiger partial charge in [0.05, 0.1) is 30.3 Å². The average molecular weight is 376 g/mol. The molecule has 0 aliphatic carbocycles. The van der Waals surface area contributed by atoms with Crippen molar-refractivity contribution in [2.45, 2.75) is 57.3 Å². The molecule has 2 rings (SSSR count). The van der Waals surface area contributed by atoms with Gasteiger partial charge in [0.15, 0.2) is 0 Å². The lowest BCUT2D eigenvalue weighted by Crippen LogP contribution is -2.41. The summed E-state index contributed by atoms with van der Waals surface area (Å²) in [5.41, 5.74) is -2.70. The van der Waals surface area contributed by atoms with E-state index in [0.29, 0.717) is 6.07 Å². The van der Waals surface area contributed by atoms with Crippen LogP contribution in [0.5, 0.6) is 0 Å². The van der Waals surface area contributed by atoms with Gasteiger partial charge in [0.1, 0.15) is 5.82 Å². The molecule has 1 atom stereocenters. The van der Waals surface area contributed by atoms with Crippen molar-refractivity contribution in [1.29, 1.82) is 0 Å². The number of ether oxygens (including phenoxy) is 1. The van der Waals surface area contributed by atoms with Gasteiger partial charge in [-0.1, -0.05) is 0 Å². The highest BCUT2D eigenvalue weighted by Crippen LogP contribution is 2.42. The zero-order valence-corrected chi connectivity index (χ0v) is 15.2. The fourth-order valence-electron chi connectivity index (χ4n) is 2.68. The van der Waals surface area contributed by atoms with Gasteiger partial charge in [0.25, 0.3) is 0 Å². The number of hydrogen-bond acceptors (Lipinski definition) is 4. The lowest BCUT2D eigenvalue weighted by molar-refractivity contribution is -0.140. The zero-order chi connectivity index (χ0) is 19.9. The van der Waals surface area contributed by atoms with Gasteiger partial charge >= 0.3 is 19.3 Å². The Bertz CT molecular complexity index is 672. The van der Waals surface area contributed by atoms with E-state index in [2.05, 4.69) is 4.74 Å². The molecule has 1 aromatic carbocycles. The number of hydrogen-bond donors (Lipinski definition) is 0. The van der Waals surface area contributed by atoms with Crippen molar-refractivity contribution in [3.8, 4) is 0 Å². The highest BCUT2D eigenvalue weighted by Gasteiger charge is 2.54. The van der Waals surface area contributed by atoms with E-state index < -0.39 is 47.7 Å². The summed E-state index contributed by atoms with van der Waals surface area (Å²) in [6.07, 6.45) is -5.03. The molecular formula is C17H21BF4O4. The predicted molar refractivity (Wildman–Crippen MR) is 86.9 cm³/mol. The van der Waals surface area contributed by atoms with Crippen molar-refractivity contribution in [3.05, 3.63) is 35.1 Å². The van der Waals surface area contributed by atoms with Crippen LogP contribution in [0, 0.1) is 5.82 Å². The largest absolute Gasteiger partial charge is 0.469 e. The van der Waals surface area contributed by atoms with Crippen LogP contribution < -0.4 is 0 Å². The van der Waals surface area contributed by atoms with Crippen molar-refractivity contribution in [3.63, 3.8) is 0 Å². The van der Waals surface area contributed by atoms with Gasteiger partial charge in [-0.3, -0.25) is 4.79 Å². The van der Waals surface area contributed by atoms with Crippen LogP contribution in [0.3, 0.4) is 0 Å². The van der Waals surface area contributed by atoms with Crippen molar-refractivity contribution in [2.75, 3.05) is 7.11 Å². The maximum Gasteiger partial charge on any atom is 0.466 e. The Labute approximate surface area is 149 Å². The third-order valence-electron chi connectivity index (χ3n) is 4.89. The third kappa shape index (κ3) is 4.20. The number of benzene rings is 1. The Morgan fingerprint density at radius 3 is 2.15 bits per heavy atom. The van der Waals surface area contributed by atoms with Crippen LogP contribution in [0.1, 0.15) is 51.1 Å². The number of carbonyl (C=O) groups is 1. The van der Waals surface area contributed by atoms with Crippen molar-refractivity contribution in [2.24, 2.45) is 0 Å². The molecule has 0 amide bonds. The van der Waals surface area contributed by atoms with Gasteiger partial charge in [0.2, 0.25) is 0 Å². The molecule has 0 bridgehead atoms. The molecule has 26 heavy (non-hydrogen) atoms. The first kappa shape index (κ1) is 20.7. The fraction of sp³-hybridized carbons (Fsp3) is 0.588. The summed E-state index contributed by atoms with van der Waals surface area (Å²) in [6.45, 7) is 7.09. The van der Waals surface area contributed by atoms with E-state index in [0.717, 1.165) is 19.2 Å². The average Bonchev–Trinajstić information content (AvgIpc) is 2.70. The second-order valence-electron chi connectivity index (χ2n) is 7.28. The van der Waals surface area contributed by atoms with Gasteiger partial charge in [-0.05, 0) is 51.5 Å². The molecule has 1 aromatic rings. The first-order chi connectivity index (χ1) is 11.8. The predicted octanol–water partition coefficient (Wildman–Crippen LogP) is 4.12. The van der Waals surface area contributed by atoms with E-state index in [1.54, 1.807) is 27.7 Å². The number of carbonyl (C=O) groups excluding carboxylic acids is 1. The van der Waals surface area contributed by atoms with Crippen molar-refractivity contribution in [1.82, 2.24) is 0 Å². The molecule has 1 aliphatic heterocycles. The summed E-state index contributed by atoms with van der Waals surface area (Å²) >= 11 is 0. The van der Waals surface area contributed by atoms with Crippen LogP contribution in [0.25, 0.3) is 0 Å². The van der Waals surface area contributed by atoms with Crippen LogP contribution in [0.15, 0.2) is 18.2 Å². The normalized spacial score (nSPS) is 20.1. The highest BCUT2D eigenvalue weighted by atomic mass is 19.4. The van der Waals surface area contributed by atoms with E-state index in [4.69, 9.17) is 9.31 Å². The van der Waals surface area contributed by atoms with Crippen LogP contribution >= 0.6 is 0 Å². The molecular weight excluding hydrogens is 355 g/mol. The quantitative estimate of drug-likeness (QED) is 0.451. The fourth-order valence-corrected chi connectivity index (χ4v) is 2.68. The summed E-state index contributed by atoms with van der Waals surface area (Å²) in [5.74, 6) is -2.68. The molecule has 0 N–H and O–H groups in total. The maximum atomic E-state index is 13.8. The van der Waals surface area contributed by atoms with E-state index in [1.165, 1.54) is 0 Å². The van der Waals surface area contributed by atoms with E-state index in [1.807, 2.05) is 0 Å². The second-order valence-corrected chi connectivity index (χ2v) is 7.28. The number of rotatable bonds is 4. The second kappa shape index (κ2) is 6.85. The van der Waals surface area contributed by atoms with Crippen LogP contribution in [-0.4, -0.2) is 31.4 Å². The minimum absolute atomic E-state index is 0.0405. The molecule has 1 heterocycles. The van der Waals surface area contributed by atoms with Crippen LogP contribution in [0.4, 0.5) is 17.6 Å². The molecule has 0 radical (unpaired) electrons. The molecule has 1 aliphatic rings. The van der Waals surface area contributed by atoms with Gasteiger partial charge in [-0.15, -0.1) is 0 Å². The molecule has 1 fully saturated rings. The first-order valence-electron chi connectivity index (χ1n) is 8.07. The molecule has 4 nitrogen and oxygen atoms in total. The summed E-state index contributed by atoms with van der Waals surface area (Å²) in [6, 6.07) is 2.17. The first-order valence-corrected chi connectivity index (χ1v) is 8.07. The van der Waals surface area contributed by atoms with Crippen LogP contribution in [-0.2, 0) is 25.0 Å². The lowest BCUT2D eigenvalue weighted by Gasteiger charge is -2.32. The Morgan fingerprint density at radius 1 is 1.15 bits per heavy atom. The van der Waals surface area contributed by atoms with Crippen LogP contribution in [0.2, 0.25) is 0 Å². The van der Waals surface area contributed by atoms with Gasteiger partial charge < -0.3 is 14.0 Å².